The van der Waals surface area contributed by atoms with Gasteiger partial charge in [-0.1, -0.05) is 0 Å². The molecule has 1 aromatic rings. The summed E-state index contributed by atoms with van der Waals surface area (Å²) in [5, 5.41) is 9.90. The molecule has 1 heterocycles. The molecule has 0 saturated carbocycles. The van der Waals surface area contributed by atoms with Crippen LogP contribution >= 0.6 is 0 Å². The molecule has 78 valence electrons. The van der Waals surface area contributed by atoms with Crippen molar-refractivity contribution >= 4 is 0 Å². The zero-order chi connectivity index (χ0) is 10.6. The molecule has 0 aliphatic rings. The maximum absolute atomic E-state index is 9.90. The van der Waals surface area contributed by atoms with E-state index in [1.807, 2.05) is 0 Å². The Balaban J connectivity index is 2.93. The quantitative estimate of drug-likeness (QED) is 0.755. The third-order valence-corrected chi connectivity index (χ3v) is 1.75. The van der Waals surface area contributed by atoms with E-state index in [0.717, 1.165) is 0 Å². The van der Waals surface area contributed by atoms with Crippen LogP contribution in [0, 0.1) is 0 Å². The number of ether oxygens (including phenoxy) is 2. The van der Waals surface area contributed by atoms with E-state index in [2.05, 4.69) is 9.97 Å². The van der Waals surface area contributed by atoms with Gasteiger partial charge in [0.1, 0.15) is 5.60 Å². The first-order valence-electron chi connectivity index (χ1n) is 4.19. The number of methoxy groups -OCH3 is 2. The summed E-state index contributed by atoms with van der Waals surface area (Å²) in [5.41, 5.74) is -1.19. The van der Waals surface area contributed by atoms with E-state index in [0.29, 0.717) is 11.7 Å². The van der Waals surface area contributed by atoms with Gasteiger partial charge in [0.2, 0.25) is 5.88 Å². The number of hydrogen-bond donors (Lipinski definition) is 1. The van der Waals surface area contributed by atoms with E-state index in [1.165, 1.54) is 20.4 Å². The largest absolute Gasteiger partial charge is 0.481 e. The second-order valence-corrected chi connectivity index (χ2v) is 3.13. The Labute approximate surface area is 82.7 Å². The summed E-state index contributed by atoms with van der Waals surface area (Å²) in [6.07, 6.45) is 1.53. The topological polar surface area (TPSA) is 64.5 Å². The Morgan fingerprint density at radius 2 is 2.21 bits per heavy atom. The molecule has 5 nitrogen and oxygen atoms in total. The van der Waals surface area contributed by atoms with Crippen molar-refractivity contribution in [3.05, 3.63) is 18.1 Å². The lowest BCUT2D eigenvalue weighted by Gasteiger charge is -2.20. The molecule has 1 atom stereocenters. The predicted molar refractivity (Wildman–Crippen MR) is 50.0 cm³/mol. The second-order valence-electron chi connectivity index (χ2n) is 3.13. The molecule has 0 radical (unpaired) electrons. The van der Waals surface area contributed by atoms with E-state index < -0.39 is 5.60 Å². The van der Waals surface area contributed by atoms with E-state index in [1.54, 1.807) is 13.0 Å². The van der Waals surface area contributed by atoms with Crippen LogP contribution in [0.4, 0.5) is 0 Å². The number of aliphatic hydroxyl groups is 1. The minimum atomic E-state index is -1.19. The van der Waals surface area contributed by atoms with Gasteiger partial charge in [-0.15, -0.1) is 0 Å². The number of aromatic nitrogens is 2. The van der Waals surface area contributed by atoms with Crippen molar-refractivity contribution in [1.29, 1.82) is 0 Å². The fraction of sp³-hybridized carbons (Fsp3) is 0.556. The molecule has 0 spiro atoms. The van der Waals surface area contributed by atoms with Crippen LogP contribution in [0.25, 0.3) is 0 Å². The monoisotopic (exact) mass is 198 g/mol. The van der Waals surface area contributed by atoms with Crippen LogP contribution in [-0.2, 0) is 10.3 Å². The summed E-state index contributed by atoms with van der Waals surface area (Å²) in [4.78, 5) is 7.97. The maximum atomic E-state index is 9.90. The standard InChI is InChI=1S/C9H14N2O3/c1-9(12,6-13-2)8-10-5-4-7(11-8)14-3/h4-5,12H,6H2,1-3H3. The molecule has 0 aliphatic carbocycles. The van der Waals surface area contributed by atoms with E-state index in [9.17, 15) is 5.11 Å². The van der Waals surface area contributed by atoms with Gasteiger partial charge in [0.25, 0.3) is 0 Å². The maximum Gasteiger partial charge on any atom is 0.216 e. The average molecular weight is 198 g/mol. The molecule has 5 heteroatoms. The molecule has 1 N–H and O–H groups in total. The smallest absolute Gasteiger partial charge is 0.216 e. The molecule has 0 bridgehead atoms. The normalized spacial score (nSPS) is 14.9. The fourth-order valence-corrected chi connectivity index (χ4v) is 1.06. The van der Waals surface area contributed by atoms with Crippen molar-refractivity contribution in [2.45, 2.75) is 12.5 Å². The molecular formula is C9H14N2O3. The molecule has 0 aliphatic heterocycles. The zero-order valence-corrected chi connectivity index (χ0v) is 8.52. The van der Waals surface area contributed by atoms with Gasteiger partial charge in [-0.25, -0.2) is 4.98 Å². The van der Waals surface area contributed by atoms with Crippen molar-refractivity contribution in [1.82, 2.24) is 9.97 Å². The third-order valence-electron chi connectivity index (χ3n) is 1.75. The molecule has 0 aromatic carbocycles. The molecule has 1 aromatic heterocycles. The molecular weight excluding hydrogens is 184 g/mol. The minimum Gasteiger partial charge on any atom is -0.481 e. The van der Waals surface area contributed by atoms with Gasteiger partial charge in [0.15, 0.2) is 5.82 Å². The van der Waals surface area contributed by atoms with Crippen molar-refractivity contribution in [3.63, 3.8) is 0 Å². The van der Waals surface area contributed by atoms with Crippen LogP contribution < -0.4 is 4.74 Å². The summed E-state index contributed by atoms with van der Waals surface area (Å²) in [6.45, 7) is 1.73. The van der Waals surface area contributed by atoms with Crippen molar-refractivity contribution < 1.29 is 14.6 Å². The summed E-state index contributed by atoms with van der Waals surface area (Å²) in [5.74, 6) is 0.713. The molecule has 0 fully saturated rings. The highest BCUT2D eigenvalue weighted by Gasteiger charge is 2.26. The number of rotatable bonds is 4. The first-order chi connectivity index (χ1) is 6.60. The second kappa shape index (κ2) is 4.34. The highest BCUT2D eigenvalue weighted by Crippen LogP contribution is 2.18. The van der Waals surface area contributed by atoms with Crippen molar-refractivity contribution in [3.8, 4) is 5.88 Å². The Hall–Kier alpha value is -1.20. The molecule has 0 saturated heterocycles. The number of nitrogens with zero attached hydrogens (tertiary/aromatic N) is 2. The minimum absolute atomic E-state index is 0.139. The van der Waals surface area contributed by atoms with E-state index >= 15 is 0 Å². The van der Waals surface area contributed by atoms with Crippen LogP contribution in [-0.4, -0.2) is 35.9 Å². The lowest BCUT2D eigenvalue weighted by molar-refractivity contribution is -0.0277. The van der Waals surface area contributed by atoms with Crippen molar-refractivity contribution in [2.24, 2.45) is 0 Å². The highest BCUT2D eigenvalue weighted by atomic mass is 16.5. The van der Waals surface area contributed by atoms with Crippen LogP contribution in [0.5, 0.6) is 5.88 Å². The third kappa shape index (κ3) is 2.40. The van der Waals surface area contributed by atoms with E-state index in [-0.39, 0.29) is 6.61 Å². The lowest BCUT2D eigenvalue weighted by atomic mass is 10.1. The van der Waals surface area contributed by atoms with Crippen LogP contribution in [0.1, 0.15) is 12.7 Å². The van der Waals surface area contributed by atoms with Gasteiger partial charge < -0.3 is 14.6 Å². The molecule has 0 amide bonds. The number of hydrogen-bond acceptors (Lipinski definition) is 5. The molecule has 14 heavy (non-hydrogen) atoms. The van der Waals surface area contributed by atoms with Crippen molar-refractivity contribution in [2.75, 3.05) is 20.8 Å². The van der Waals surface area contributed by atoms with Gasteiger partial charge in [0, 0.05) is 19.4 Å². The molecule has 1 rings (SSSR count). The van der Waals surface area contributed by atoms with E-state index in [4.69, 9.17) is 9.47 Å². The van der Waals surface area contributed by atoms with Gasteiger partial charge in [0.05, 0.1) is 13.7 Å². The SMILES string of the molecule is COCC(C)(O)c1nccc(OC)n1. The van der Waals surface area contributed by atoms with Crippen LogP contribution in [0.3, 0.4) is 0 Å². The highest BCUT2D eigenvalue weighted by molar-refractivity contribution is 5.11. The first kappa shape index (κ1) is 10.9. The average Bonchev–Trinajstić information content (AvgIpc) is 2.18. The summed E-state index contributed by atoms with van der Waals surface area (Å²) in [7, 11) is 3.02. The van der Waals surface area contributed by atoms with Crippen LogP contribution in [0.2, 0.25) is 0 Å². The Morgan fingerprint density at radius 3 is 2.79 bits per heavy atom. The van der Waals surface area contributed by atoms with Gasteiger partial charge >= 0.3 is 0 Å². The predicted octanol–water partition coefficient (Wildman–Crippen LogP) is 0.339. The molecule has 1 unspecified atom stereocenters. The Bertz CT molecular complexity index is 302. The van der Waals surface area contributed by atoms with Crippen LogP contribution in [0.15, 0.2) is 12.3 Å². The Kier molecular flexibility index (Phi) is 3.38. The summed E-state index contributed by atoms with van der Waals surface area (Å²) < 4.78 is 9.79. The summed E-state index contributed by atoms with van der Waals surface area (Å²) >= 11 is 0. The van der Waals surface area contributed by atoms with Gasteiger partial charge in [-0.05, 0) is 6.92 Å². The van der Waals surface area contributed by atoms with Gasteiger partial charge in [-0.2, -0.15) is 4.98 Å². The summed E-state index contributed by atoms with van der Waals surface area (Å²) in [6, 6.07) is 1.62. The van der Waals surface area contributed by atoms with Gasteiger partial charge in [-0.3, -0.25) is 0 Å². The fourth-order valence-electron chi connectivity index (χ4n) is 1.06. The zero-order valence-electron chi connectivity index (χ0n) is 8.52. The lowest BCUT2D eigenvalue weighted by Crippen LogP contribution is -2.29. The Morgan fingerprint density at radius 1 is 1.50 bits per heavy atom. The first-order valence-corrected chi connectivity index (χ1v) is 4.19.